The Morgan fingerprint density at radius 1 is 1.21 bits per heavy atom. The van der Waals surface area contributed by atoms with E-state index in [4.69, 9.17) is 0 Å². The van der Waals surface area contributed by atoms with Gasteiger partial charge in [0.15, 0.2) is 0 Å². The van der Waals surface area contributed by atoms with Crippen molar-refractivity contribution in [3.63, 3.8) is 0 Å². The zero-order valence-electron chi connectivity index (χ0n) is 10.4. The molecular weight excluding hydrogens is 242 g/mol. The summed E-state index contributed by atoms with van der Waals surface area (Å²) in [6.45, 7) is 2.01. The summed E-state index contributed by atoms with van der Waals surface area (Å²) < 4.78 is 0. The van der Waals surface area contributed by atoms with Crippen molar-refractivity contribution in [1.29, 1.82) is 0 Å². The highest BCUT2D eigenvalue weighted by atomic mass is 16.6. The minimum Gasteiger partial charge on any atom is -0.278 e. The maximum absolute atomic E-state index is 10.5. The van der Waals surface area contributed by atoms with Gasteiger partial charge < -0.3 is 0 Å². The van der Waals surface area contributed by atoms with Gasteiger partial charge in [0.2, 0.25) is 0 Å². The van der Waals surface area contributed by atoms with Gasteiger partial charge in [0, 0.05) is 12.1 Å². The number of nitro groups is 1. The zero-order valence-corrected chi connectivity index (χ0v) is 10.4. The molecule has 0 heterocycles. The summed E-state index contributed by atoms with van der Waals surface area (Å²) in [5.41, 5.74) is 5.75. The highest BCUT2D eigenvalue weighted by Gasteiger charge is 2.02. The van der Waals surface area contributed by atoms with Gasteiger partial charge in [0.05, 0.1) is 16.8 Å². The Morgan fingerprint density at radius 3 is 2.58 bits per heavy atom. The third-order valence-corrected chi connectivity index (χ3v) is 2.53. The molecule has 2 rings (SSSR count). The first kappa shape index (κ1) is 12.8. The Bertz CT molecular complexity index is 606. The van der Waals surface area contributed by atoms with Crippen LogP contribution in [0.5, 0.6) is 0 Å². The van der Waals surface area contributed by atoms with Crippen LogP contribution in [0.25, 0.3) is 0 Å². The summed E-state index contributed by atoms with van der Waals surface area (Å²) in [7, 11) is 0. The third-order valence-electron chi connectivity index (χ3n) is 2.53. The molecule has 0 aliphatic heterocycles. The van der Waals surface area contributed by atoms with Gasteiger partial charge in [-0.2, -0.15) is 5.10 Å². The topological polar surface area (TPSA) is 67.5 Å². The lowest BCUT2D eigenvalue weighted by Gasteiger charge is -1.99. The van der Waals surface area contributed by atoms with Crippen LogP contribution < -0.4 is 5.43 Å². The van der Waals surface area contributed by atoms with Crippen molar-refractivity contribution >= 4 is 17.6 Å². The van der Waals surface area contributed by atoms with E-state index in [0.29, 0.717) is 5.69 Å². The van der Waals surface area contributed by atoms with E-state index in [-0.39, 0.29) is 5.69 Å². The maximum Gasteiger partial charge on any atom is 0.269 e. The number of hydrogen-bond donors (Lipinski definition) is 1. The van der Waals surface area contributed by atoms with Crippen LogP contribution in [0.4, 0.5) is 11.4 Å². The highest BCUT2D eigenvalue weighted by Crippen LogP contribution is 2.15. The molecule has 96 valence electrons. The number of non-ortho nitro benzene ring substituents is 1. The van der Waals surface area contributed by atoms with Gasteiger partial charge in [-0.05, 0) is 24.6 Å². The predicted octanol–water partition coefficient (Wildman–Crippen LogP) is 3.35. The number of benzene rings is 2. The monoisotopic (exact) mass is 255 g/mol. The third kappa shape index (κ3) is 3.64. The minimum absolute atomic E-state index is 0.0632. The fraction of sp³-hybridized carbons (Fsp3) is 0.0714. The molecule has 0 aromatic heterocycles. The Balaban J connectivity index is 2.00. The van der Waals surface area contributed by atoms with E-state index >= 15 is 0 Å². The predicted molar refractivity (Wildman–Crippen MR) is 75.5 cm³/mol. The second-order valence-corrected chi connectivity index (χ2v) is 4.09. The Hall–Kier alpha value is -2.69. The molecule has 5 nitrogen and oxygen atoms in total. The first-order valence-electron chi connectivity index (χ1n) is 5.75. The smallest absolute Gasteiger partial charge is 0.269 e. The molecule has 0 fully saturated rings. The summed E-state index contributed by atoms with van der Waals surface area (Å²) in [6.07, 6.45) is 1.70. The van der Waals surface area contributed by atoms with Crippen LogP contribution in [0.15, 0.2) is 53.6 Å². The maximum atomic E-state index is 10.5. The van der Waals surface area contributed by atoms with Crippen molar-refractivity contribution in [2.24, 2.45) is 5.10 Å². The van der Waals surface area contributed by atoms with Crippen LogP contribution in [0.3, 0.4) is 0 Å². The molecule has 5 heteroatoms. The van der Waals surface area contributed by atoms with Crippen LogP contribution in [0, 0.1) is 17.0 Å². The molecule has 0 saturated carbocycles. The van der Waals surface area contributed by atoms with Crippen LogP contribution in [-0.2, 0) is 0 Å². The van der Waals surface area contributed by atoms with Crippen molar-refractivity contribution in [1.82, 2.24) is 0 Å². The van der Waals surface area contributed by atoms with Crippen molar-refractivity contribution in [3.05, 3.63) is 69.8 Å². The van der Waals surface area contributed by atoms with E-state index in [1.165, 1.54) is 17.7 Å². The average molecular weight is 255 g/mol. The van der Waals surface area contributed by atoms with E-state index < -0.39 is 4.92 Å². The van der Waals surface area contributed by atoms with E-state index in [1.807, 2.05) is 31.2 Å². The largest absolute Gasteiger partial charge is 0.278 e. The van der Waals surface area contributed by atoms with Gasteiger partial charge in [-0.1, -0.05) is 29.8 Å². The van der Waals surface area contributed by atoms with Gasteiger partial charge in [-0.15, -0.1) is 0 Å². The van der Waals surface area contributed by atoms with Gasteiger partial charge in [-0.3, -0.25) is 15.5 Å². The SMILES string of the molecule is Cc1cccc(/C=N/Nc2ccc([N+](=O)[O-])cc2)c1. The summed E-state index contributed by atoms with van der Waals surface area (Å²) >= 11 is 0. The Labute approximate surface area is 110 Å². The first-order chi connectivity index (χ1) is 9.15. The van der Waals surface area contributed by atoms with E-state index in [9.17, 15) is 10.1 Å². The molecule has 2 aromatic rings. The fourth-order valence-electron chi connectivity index (χ4n) is 1.59. The second kappa shape index (κ2) is 5.77. The molecular formula is C14H13N3O2. The quantitative estimate of drug-likeness (QED) is 0.517. The molecule has 0 atom stereocenters. The number of nitrogens with one attached hydrogen (secondary N) is 1. The lowest BCUT2D eigenvalue weighted by atomic mass is 10.2. The van der Waals surface area contributed by atoms with Gasteiger partial charge in [0.1, 0.15) is 0 Å². The molecule has 0 saturated heterocycles. The van der Waals surface area contributed by atoms with Gasteiger partial charge in [0.25, 0.3) is 5.69 Å². The number of aryl methyl sites for hydroxylation is 1. The van der Waals surface area contributed by atoms with Gasteiger partial charge >= 0.3 is 0 Å². The minimum atomic E-state index is -0.431. The molecule has 0 aliphatic rings. The van der Waals surface area contributed by atoms with Gasteiger partial charge in [-0.25, -0.2) is 0 Å². The first-order valence-corrected chi connectivity index (χ1v) is 5.75. The lowest BCUT2D eigenvalue weighted by Crippen LogP contribution is -1.92. The van der Waals surface area contributed by atoms with E-state index in [1.54, 1.807) is 18.3 Å². The van der Waals surface area contributed by atoms with Crippen molar-refractivity contribution < 1.29 is 4.92 Å². The average Bonchev–Trinajstić information content (AvgIpc) is 2.39. The number of rotatable bonds is 4. The number of anilines is 1. The molecule has 2 aromatic carbocycles. The van der Waals surface area contributed by atoms with Crippen molar-refractivity contribution in [2.45, 2.75) is 6.92 Å². The van der Waals surface area contributed by atoms with Crippen molar-refractivity contribution in [2.75, 3.05) is 5.43 Å². The number of nitro benzene ring substituents is 1. The summed E-state index contributed by atoms with van der Waals surface area (Å²) in [6, 6.07) is 14.0. The number of hydrazone groups is 1. The summed E-state index contributed by atoms with van der Waals surface area (Å²) in [5, 5.41) is 14.6. The summed E-state index contributed by atoms with van der Waals surface area (Å²) in [4.78, 5) is 10.1. The molecule has 1 N–H and O–H groups in total. The van der Waals surface area contributed by atoms with Crippen molar-refractivity contribution in [3.8, 4) is 0 Å². The van der Waals surface area contributed by atoms with Crippen LogP contribution in [0.1, 0.15) is 11.1 Å². The normalized spacial score (nSPS) is 10.6. The molecule has 0 amide bonds. The molecule has 0 bridgehead atoms. The Kier molecular flexibility index (Phi) is 3.87. The molecule has 0 spiro atoms. The standard InChI is InChI=1S/C14H13N3O2/c1-11-3-2-4-12(9-11)10-15-16-13-5-7-14(8-6-13)17(18)19/h2-10,16H,1H3/b15-10+. The fourth-order valence-corrected chi connectivity index (χ4v) is 1.59. The Morgan fingerprint density at radius 2 is 1.95 bits per heavy atom. The number of hydrogen-bond acceptors (Lipinski definition) is 4. The zero-order chi connectivity index (χ0) is 13.7. The van der Waals surface area contributed by atoms with E-state index in [0.717, 1.165) is 5.56 Å². The lowest BCUT2D eigenvalue weighted by molar-refractivity contribution is -0.384. The molecule has 0 radical (unpaired) electrons. The van der Waals surface area contributed by atoms with Crippen LogP contribution >= 0.6 is 0 Å². The highest BCUT2D eigenvalue weighted by molar-refractivity contribution is 5.80. The summed E-state index contributed by atoms with van der Waals surface area (Å²) in [5.74, 6) is 0. The van der Waals surface area contributed by atoms with Crippen LogP contribution in [-0.4, -0.2) is 11.1 Å². The molecule has 19 heavy (non-hydrogen) atoms. The second-order valence-electron chi connectivity index (χ2n) is 4.09. The van der Waals surface area contributed by atoms with E-state index in [2.05, 4.69) is 10.5 Å². The molecule has 0 unspecified atom stereocenters. The van der Waals surface area contributed by atoms with Crippen LogP contribution in [0.2, 0.25) is 0 Å². The molecule has 0 aliphatic carbocycles. The number of nitrogens with zero attached hydrogens (tertiary/aromatic N) is 2.